The van der Waals surface area contributed by atoms with E-state index in [9.17, 15) is 4.79 Å². The monoisotopic (exact) mass is 292 g/mol. The minimum absolute atomic E-state index is 0.367. The number of rotatable bonds is 2. The van der Waals surface area contributed by atoms with Crippen molar-refractivity contribution in [3.05, 3.63) is 35.3 Å². The maximum Gasteiger partial charge on any atom is 0.345 e. The van der Waals surface area contributed by atoms with Crippen LogP contribution in [0.25, 0.3) is 0 Å². The molecule has 1 aliphatic rings. The molecule has 3 heterocycles. The lowest BCUT2D eigenvalue weighted by molar-refractivity contribution is 0.0702. The summed E-state index contributed by atoms with van der Waals surface area (Å²) in [7, 11) is 0. The Balaban J connectivity index is 2.02. The molecule has 1 aliphatic heterocycles. The van der Waals surface area contributed by atoms with Gasteiger partial charge in [0.1, 0.15) is 9.90 Å². The Morgan fingerprint density at radius 2 is 2.32 bits per heavy atom. The molecule has 0 amide bonds. The summed E-state index contributed by atoms with van der Waals surface area (Å²) in [5.41, 5.74) is 1.06. The molecule has 19 heavy (non-hydrogen) atoms. The molecule has 1 atom stereocenters. The van der Waals surface area contributed by atoms with Crippen molar-refractivity contribution in [2.45, 2.75) is 17.2 Å². The summed E-state index contributed by atoms with van der Waals surface area (Å²) in [6.07, 6.45) is 1.79. The molecular weight excluding hydrogens is 280 g/mol. The smallest absolute Gasteiger partial charge is 0.345 e. The summed E-state index contributed by atoms with van der Waals surface area (Å²) in [4.78, 5) is 17.9. The number of pyridine rings is 1. The number of aromatic nitrogens is 1. The number of nitrogens with zero attached hydrogens (tertiary/aromatic N) is 2. The SMILES string of the molecule is CC1CN(c2ccc(C(=O)O)s2)c2cccnc2S1. The molecule has 1 unspecified atom stereocenters. The summed E-state index contributed by atoms with van der Waals surface area (Å²) < 4.78 is 0. The van der Waals surface area contributed by atoms with Crippen LogP contribution >= 0.6 is 23.1 Å². The van der Waals surface area contributed by atoms with E-state index in [0.29, 0.717) is 10.1 Å². The van der Waals surface area contributed by atoms with Crippen LogP contribution in [0.2, 0.25) is 0 Å². The van der Waals surface area contributed by atoms with Gasteiger partial charge in [0.15, 0.2) is 0 Å². The average molecular weight is 292 g/mol. The maximum absolute atomic E-state index is 11.0. The van der Waals surface area contributed by atoms with E-state index < -0.39 is 5.97 Å². The second-order valence-electron chi connectivity index (χ2n) is 4.31. The average Bonchev–Trinajstić information content (AvgIpc) is 2.87. The third-order valence-electron chi connectivity index (χ3n) is 2.86. The van der Waals surface area contributed by atoms with Crippen LogP contribution in [-0.2, 0) is 0 Å². The second-order valence-corrected chi connectivity index (χ2v) is 6.80. The molecule has 3 rings (SSSR count). The fraction of sp³-hybridized carbons (Fsp3) is 0.231. The predicted octanol–water partition coefficient (Wildman–Crippen LogP) is 3.47. The maximum atomic E-state index is 11.0. The molecule has 0 aliphatic carbocycles. The van der Waals surface area contributed by atoms with Gasteiger partial charge in [-0.2, -0.15) is 0 Å². The zero-order valence-electron chi connectivity index (χ0n) is 10.2. The molecule has 98 valence electrons. The van der Waals surface area contributed by atoms with Gasteiger partial charge in [-0.3, -0.25) is 0 Å². The normalized spacial score (nSPS) is 18.2. The Labute approximate surface area is 119 Å². The number of thioether (sulfide) groups is 1. The molecule has 2 aromatic heterocycles. The summed E-state index contributed by atoms with van der Waals surface area (Å²) in [5, 5.41) is 11.4. The molecule has 0 fully saturated rings. The number of carboxylic acid groups (broad SMARTS) is 1. The van der Waals surface area contributed by atoms with Crippen LogP contribution in [0, 0.1) is 0 Å². The lowest BCUT2D eigenvalue weighted by atomic mass is 10.3. The fourth-order valence-electron chi connectivity index (χ4n) is 2.06. The summed E-state index contributed by atoms with van der Waals surface area (Å²) in [5.74, 6) is -0.873. The van der Waals surface area contributed by atoms with Crippen molar-refractivity contribution in [3.8, 4) is 0 Å². The van der Waals surface area contributed by atoms with Gasteiger partial charge in [-0.1, -0.05) is 18.7 Å². The van der Waals surface area contributed by atoms with E-state index in [1.165, 1.54) is 11.3 Å². The van der Waals surface area contributed by atoms with Gasteiger partial charge in [0.2, 0.25) is 0 Å². The van der Waals surface area contributed by atoms with Crippen molar-refractivity contribution in [3.63, 3.8) is 0 Å². The van der Waals surface area contributed by atoms with Gasteiger partial charge in [-0.15, -0.1) is 11.3 Å². The second kappa shape index (κ2) is 4.86. The minimum Gasteiger partial charge on any atom is -0.477 e. The molecule has 0 bridgehead atoms. The van der Waals surface area contributed by atoms with Crippen LogP contribution in [-0.4, -0.2) is 27.9 Å². The number of carboxylic acids is 1. The standard InChI is InChI=1S/C13H12N2O2S2/c1-8-7-15(9-3-2-6-14-12(9)18-8)11-5-4-10(19-11)13(16)17/h2-6,8H,7H2,1H3,(H,16,17). The Morgan fingerprint density at radius 3 is 3.05 bits per heavy atom. The first-order valence-corrected chi connectivity index (χ1v) is 7.57. The highest BCUT2D eigenvalue weighted by atomic mass is 32.2. The van der Waals surface area contributed by atoms with Gasteiger partial charge in [0.05, 0.1) is 10.7 Å². The van der Waals surface area contributed by atoms with E-state index in [4.69, 9.17) is 5.11 Å². The van der Waals surface area contributed by atoms with Crippen molar-refractivity contribution in [2.24, 2.45) is 0 Å². The predicted molar refractivity (Wildman–Crippen MR) is 77.8 cm³/mol. The zero-order valence-corrected chi connectivity index (χ0v) is 11.9. The van der Waals surface area contributed by atoms with E-state index in [2.05, 4.69) is 16.8 Å². The molecule has 6 heteroatoms. The zero-order chi connectivity index (χ0) is 13.4. The van der Waals surface area contributed by atoms with Crippen molar-refractivity contribution in [1.29, 1.82) is 0 Å². The molecule has 1 N–H and O–H groups in total. The van der Waals surface area contributed by atoms with E-state index in [-0.39, 0.29) is 0 Å². The van der Waals surface area contributed by atoms with Gasteiger partial charge < -0.3 is 10.0 Å². The quantitative estimate of drug-likeness (QED) is 0.918. The number of fused-ring (bicyclic) bond motifs is 1. The lowest BCUT2D eigenvalue weighted by Gasteiger charge is -2.32. The van der Waals surface area contributed by atoms with Crippen molar-refractivity contribution in [2.75, 3.05) is 11.4 Å². The van der Waals surface area contributed by atoms with Gasteiger partial charge in [-0.25, -0.2) is 9.78 Å². The number of aromatic carboxylic acids is 1. The molecule has 0 aromatic carbocycles. The van der Waals surface area contributed by atoms with E-state index in [0.717, 1.165) is 22.3 Å². The molecule has 4 nitrogen and oxygen atoms in total. The van der Waals surface area contributed by atoms with Crippen LogP contribution in [0.3, 0.4) is 0 Å². The van der Waals surface area contributed by atoms with Gasteiger partial charge in [0.25, 0.3) is 0 Å². The Morgan fingerprint density at radius 1 is 1.47 bits per heavy atom. The van der Waals surface area contributed by atoms with Crippen LogP contribution in [0.1, 0.15) is 16.6 Å². The van der Waals surface area contributed by atoms with Crippen LogP contribution in [0.4, 0.5) is 10.7 Å². The topological polar surface area (TPSA) is 53.4 Å². The lowest BCUT2D eigenvalue weighted by Crippen LogP contribution is -2.28. The molecule has 0 spiro atoms. The Bertz CT molecular complexity index is 627. The minimum atomic E-state index is -0.873. The van der Waals surface area contributed by atoms with Crippen molar-refractivity contribution >= 4 is 39.8 Å². The first-order chi connectivity index (χ1) is 9.15. The molecular formula is C13H12N2O2S2. The highest BCUT2D eigenvalue weighted by molar-refractivity contribution is 8.00. The van der Waals surface area contributed by atoms with Crippen molar-refractivity contribution in [1.82, 2.24) is 4.98 Å². The first kappa shape index (κ1) is 12.5. The van der Waals surface area contributed by atoms with Crippen LogP contribution in [0.5, 0.6) is 0 Å². The molecule has 0 saturated carbocycles. The van der Waals surface area contributed by atoms with E-state index in [1.807, 2.05) is 18.2 Å². The largest absolute Gasteiger partial charge is 0.477 e. The third kappa shape index (κ3) is 2.33. The highest BCUT2D eigenvalue weighted by Gasteiger charge is 2.25. The molecule has 0 saturated heterocycles. The summed E-state index contributed by atoms with van der Waals surface area (Å²) in [6, 6.07) is 7.47. The third-order valence-corrected chi connectivity index (χ3v) is 5.05. The fourth-order valence-corrected chi connectivity index (χ4v) is 3.95. The highest BCUT2D eigenvalue weighted by Crippen LogP contribution is 2.42. The van der Waals surface area contributed by atoms with Crippen molar-refractivity contribution < 1.29 is 9.90 Å². The van der Waals surface area contributed by atoms with Gasteiger partial charge >= 0.3 is 5.97 Å². The van der Waals surface area contributed by atoms with Crippen LogP contribution in [0.15, 0.2) is 35.5 Å². The number of thiophene rings is 1. The van der Waals surface area contributed by atoms with E-state index >= 15 is 0 Å². The Hall–Kier alpha value is -1.53. The number of hydrogen-bond donors (Lipinski definition) is 1. The number of hydrogen-bond acceptors (Lipinski definition) is 5. The summed E-state index contributed by atoms with van der Waals surface area (Å²) >= 11 is 3.06. The van der Waals surface area contributed by atoms with Gasteiger partial charge in [-0.05, 0) is 24.3 Å². The Kier molecular flexibility index (Phi) is 3.20. The molecule has 0 radical (unpaired) electrons. The van der Waals surface area contributed by atoms with Gasteiger partial charge in [0, 0.05) is 18.0 Å². The first-order valence-electron chi connectivity index (χ1n) is 5.87. The molecule has 2 aromatic rings. The van der Waals surface area contributed by atoms with Crippen LogP contribution < -0.4 is 4.90 Å². The summed E-state index contributed by atoms with van der Waals surface area (Å²) in [6.45, 7) is 3.02. The van der Waals surface area contributed by atoms with E-state index in [1.54, 1.807) is 24.0 Å². The number of carbonyl (C=O) groups is 1. The number of anilines is 2.